The molecule has 0 unspecified atom stereocenters. The van der Waals surface area contributed by atoms with Crippen LogP contribution >= 0.6 is 22.6 Å². The molecule has 0 saturated heterocycles. The normalized spacial score (nSPS) is 10.2. The summed E-state index contributed by atoms with van der Waals surface area (Å²) in [7, 11) is 0. The highest BCUT2D eigenvalue weighted by Gasteiger charge is 2.12. The quantitative estimate of drug-likeness (QED) is 0.751. The topological polar surface area (TPSA) is 54.0 Å². The highest BCUT2D eigenvalue weighted by Crippen LogP contribution is 2.19. The molecule has 2 rings (SSSR count). The zero-order chi connectivity index (χ0) is 15.2. The fourth-order valence-electron chi connectivity index (χ4n) is 1.91. The average molecular weight is 395 g/mol. The molecule has 0 atom stereocenters. The molecule has 0 saturated carbocycles. The van der Waals surface area contributed by atoms with Crippen molar-refractivity contribution < 1.29 is 4.79 Å². The molecular weight excluding hydrogens is 377 g/mol. The van der Waals surface area contributed by atoms with Gasteiger partial charge in [-0.25, -0.2) is 0 Å². The number of halogens is 1. The Labute approximate surface area is 138 Å². The maximum Gasteiger partial charge on any atom is 0.259 e. The Morgan fingerprint density at radius 2 is 2.14 bits per heavy atom. The summed E-state index contributed by atoms with van der Waals surface area (Å²) in [5, 5.41) is 6.19. The standard InChI is InChI=1S/C16H18IN3O/c1-3-7-18-15-8-11(2)19-10-14(15)16(21)20-13-6-4-5-12(17)9-13/h4-6,8-10H,3,7H2,1-2H3,(H,18,19)(H,20,21). The van der Waals surface area contributed by atoms with Gasteiger partial charge >= 0.3 is 0 Å². The molecule has 0 fully saturated rings. The second kappa shape index (κ2) is 7.40. The molecule has 1 aromatic heterocycles. The third-order valence-corrected chi connectivity index (χ3v) is 3.60. The maximum absolute atomic E-state index is 12.4. The number of benzene rings is 1. The number of carbonyl (C=O) groups excluding carboxylic acids is 1. The van der Waals surface area contributed by atoms with Crippen molar-refractivity contribution in [1.29, 1.82) is 0 Å². The Hall–Kier alpha value is -1.63. The number of carbonyl (C=O) groups is 1. The van der Waals surface area contributed by atoms with Crippen molar-refractivity contribution in [3.63, 3.8) is 0 Å². The predicted octanol–water partition coefficient (Wildman–Crippen LogP) is 4.07. The Kier molecular flexibility index (Phi) is 5.55. The number of aromatic nitrogens is 1. The fourth-order valence-corrected chi connectivity index (χ4v) is 2.45. The molecule has 1 aromatic carbocycles. The molecule has 4 nitrogen and oxygen atoms in total. The van der Waals surface area contributed by atoms with E-state index >= 15 is 0 Å². The summed E-state index contributed by atoms with van der Waals surface area (Å²) in [5.41, 5.74) is 3.06. The van der Waals surface area contributed by atoms with Crippen LogP contribution in [0.2, 0.25) is 0 Å². The van der Waals surface area contributed by atoms with Gasteiger partial charge in [0.1, 0.15) is 0 Å². The molecule has 5 heteroatoms. The zero-order valence-corrected chi connectivity index (χ0v) is 14.3. The zero-order valence-electron chi connectivity index (χ0n) is 12.1. The van der Waals surface area contributed by atoms with Crippen molar-refractivity contribution in [2.24, 2.45) is 0 Å². The first-order valence-corrected chi connectivity index (χ1v) is 7.95. The number of nitrogens with one attached hydrogen (secondary N) is 2. The third kappa shape index (κ3) is 4.42. The van der Waals surface area contributed by atoms with Gasteiger partial charge in [-0.3, -0.25) is 9.78 Å². The largest absolute Gasteiger partial charge is 0.384 e. The van der Waals surface area contributed by atoms with Crippen molar-refractivity contribution in [2.75, 3.05) is 17.2 Å². The van der Waals surface area contributed by atoms with Crippen molar-refractivity contribution in [1.82, 2.24) is 4.98 Å². The lowest BCUT2D eigenvalue weighted by atomic mass is 10.2. The first kappa shape index (κ1) is 15.8. The molecule has 2 N–H and O–H groups in total. The first-order valence-electron chi connectivity index (χ1n) is 6.87. The van der Waals surface area contributed by atoms with E-state index in [-0.39, 0.29) is 5.91 Å². The van der Waals surface area contributed by atoms with Crippen LogP contribution in [-0.4, -0.2) is 17.4 Å². The minimum atomic E-state index is -0.150. The van der Waals surface area contributed by atoms with Crippen LogP contribution in [0.5, 0.6) is 0 Å². The van der Waals surface area contributed by atoms with E-state index in [1.165, 1.54) is 0 Å². The van der Waals surface area contributed by atoms with E-state index in [1.54, 1.807) is 6.20 Å². The molecule has 110 valence electrons. The van der Waals surface area contributed by atoms with Crippen LogP contribution in [0.15, 0.2) is 36.5 Å². The number of hydrogen-bond acceptors (Lipinski definition) is 3. The monoisotopic (exact) mass is 395 g/mol. The fraction of sp³-hybridized carbons (Fsp3) is 0.250. The number of hydrogen-bond donors (Lipinski definition) is 2. The molecule has 0 aliphatic heterocycles. The van der Waals surface area contributed by atoms with Gasteiger partial charge in [-0.05, 0) is 60.2 Å². The Bertz CT molecular complexity index is 643. The van der Waals surface area contributed by atoms with Crippen molar-refractivity contribution in [3.8, 4) is 0 Å². The van der Waals surface area contributed by atoms with Crippen LogP contribution in [-0.2, 0) is 0 Å². The molecule has 21 heavy (non-hydrogen) atoms. The van der Waals surface area contributed by atoms with Crippen LogP contribution in [0.3, 0.4) is 0 Å². The van der Waals surface area contributed by atoms with Gasteiger partial charge in [0.15, 0.2) is 0 Å². The van der Waals surface area contributed by atoms with E-state index in [4.69, 9.17) is 0 Å². The maximum atomic E-state index is 12.4. The second-order valence-corrected chi connectivity index (χ2v) is 6.01. The summed E-state index contributed by atoms with van der Waals surface area (Å²) >= 11 is 2.22. The second-order valence-electron chi connectivity index (χ2n) is 4.76. The highest BCUT2D eigenvalue weighted by atomic mass is 127. The Balaban J connectivity index is 2.22. The van der Waals surface area contributed by atoms with E-state index < -0.39 is 0 Å². The van der Waals surface area contributed by atoms with Crippen LogP contribution in [0.4, 0.5) is 11.4 Å². The molecule has 0 spiro atoms. The summed E-state index contributed by atoms with van der Waals surface area (Å²) in [6.07, 6.45) is 2.62. The van der Waals surface area contributed by atoms with Gasteiger partial charge in [0.2, 0.25) is 0 Å². The average Bonchev–Trinajstić information content (AvgIpc) is 2.45. The number of anilines is 2. The summed E-state index contributed by atoms with van der Waals surface area (Å²) in [6, 6.07) is 9.61. The first-order chi connectivity index (χ1) is 10.1. The van der Waals surface area contributed by atoms with Gasteiger partial charge in [0.25, 0.3) is 5.91 Å². The number of pyridine rings is 1. The minimum Gasteiger partial charge on any atom is -0.384 e. The van der Waals surface area contributed by atoms with Crippen molar-refractivity contribution in [2.45, 2.75) is 20.3 Å². The lowest BCUT2D eigenvalue weighted by Gasteiger charge is -2.12. The molecule has 1 amide bonds. The van der Waals surface area contributed by atoms with Crippen LogP contribution in [0.25, 0.3) is 0 Å². The number of rotatable bonds is 5. The molecule has 2 aromatic rings. The van der Waals surface area contributed by atoms with E-state index in [1.807, 2.05) is 37.3 Å². The lowest BCUT2D eigenvalue weighted by molar-refractivity contribution is 0.102. The minimum absolute atomic E-state index is 0.150. The Morgan fingerprint density at radius 3 is 2.86 bits per heavy atom. The van der Waals surface area contributed by atoms with Gasteiger partial charge in [0, 0.05) is 27.7 Å². The van der Waals surface area contributed by atoms with E-state index in [9.17, 15) is 4.79 Å². The summed E-state index contributed by atoms with van der Waals surface area (Å²) in [6.45, 7) is 4.83. The molecule has 0 bridgehead atoms. The molecule has 1 heterocycles. The summed E-state index contributed by atoms with van der Waals surface area (Å²) < 4.78 is 1.08. The lowest BCUT2D eigenvalue weighted by Crippen LogP contribution is -2.16. The van der Waals surface area contributed by atoms with Crippen LogP contribution < -0.4 is 10.6 Å². The summed E-state index contributed by atoms with van der Waals surface area (Å²) in [5.74, 6) is -0.150. The van der Waals surface area contributed by atoms with E-state index in [0.717, 1.165) is 33.6 Å². The molecule has 0 aliphatic carbocycles. The van der Waals surface area contributed by atoms with Gasteiger partial charge < -0.3 is 10.6 Å². The number of aryl methyl sites for hydroxylation is 1. The third-order valence-electron chi connectivity index (χ3n) is 2.93. The molecular formula is C16H18IN3O. The molecule has 0 radical (unpaired) electrons. The van der Waals surface area contributed by atoms with E-state index in [0.29, 0.717) is 5.56 Å². The number of amides is 1. The highest BCUT2D eigenvalue weighted by molar-refractivity contribution is 14.1. The number of nitrogens with zero attached hydrogens (tertiary/aromatic N) is 1. The van der Waals surface area contributed by atoms with E-state index in [2.05, 4.69) is 45.1 Å². The SMILES string of the molecule is CCCNc1cc(C)ncc1C(=O)Nc1cccc(I)c1. The van der Waals surface area contributed by atoms with Gasteiger partial charge in [-0.1, -0.05) is 13.0 Å². The summed E-state index contributed by atoms with van der Waals surface area (Å²) in [4.78, 5) is 16.7. The Morgan fingerprint density at radius 1 is 1.33 bits per heavy atom. The van der Waals surface area contributed by atoms with Gasteiger partial charge in [-0.2, -0.15) is 0 Å². The van der Waals surface area contributed by atoms with Gasteiger partial charge in [0.05, 0.1) is 11.3 Å². The smallest absolute Gasteiger partial charge is 0.259 e. The molecule has 0 aliphatic rings. The van der Waals surface area contributed by atoms with Crippen molar-refractivity contribution in [3.05, 3.63) is 51.4 Å². The van der Waals surface area contributed by atoms with Gasteiger partial charge in [-0.15, -0.1) is 0 Å². The van der Waals surface area contributed by atoms with Crippen LogP contribution in [0, 0.1) is 10.5 Å². The van der Waals surface area contributed by atoms with Crippen LogP contribution in [0.1, 0.15) is 29.4 Å². The van der Waals surface area contributed by atoms with Crippen molar-refractivity contribution >= 4 is 39.9 Å². The predicted molar refractivity (Wildman–Crippen MR) is 94.9 cm³/mol.